The van der Waals surface area contributed by atoms with Crippen LogP contribution in [0.1, 0.15) is 19.4 Å². The fourth-order valence-electron chi connectivity index (χ4n) is 2.21. The van der Waals surface area contributed by atoms with E-state index in [4.69, 9.17) is 4.74 Å². The molecular formula is C13H13F5O4S. The average Bonchev–Trinajstić information content (AvgIpc) is 3.17. The normalized spacial score (nSPS) is 22.2. The first kappa shape index (κ1) is 18.1. The quantitative estimate of drug-likeness (QED) is 0.350. The lowest BCUT2D eigenvalue weighted by molar-refractivity contribution is -0.0580. The summed E-state index contributed by atoms with van der Waals surface area (Å²) in [5.41, 5.74) is -8.32. The first-order chi connectivity index (χ1) is 10.3. The van der Waals surface area contributed by atoms with Gasteiger partial charge in [0.2, 0.25) is 0 Å². The van der Waals surface area contributed by atoms with Gasteiger partial charge in [-0.2, -0.15) is 21.6 Å². The van der Waals surface area contributed by atoms with E-state index >= 15 is 0 Å². The van der Waals surface area contributed by atoms with Crippen LogP contribution in [0.2, 0.25) is 0 Å². The Labute approximate surface area is 129 Å². The van der Waals surface area contributed by atoms with E-state index in [-0.39, 0.29) is 12.2 Å². The van der Waals surface area contributed by atoms with Gasteiger partial charge in [-0.15, -0.1) is 0 Å². The molecule has 0 aromatic heterocycles. The Morgan fingerprint density at radius 1 is 1.26 bits per heavy atom. The molecule has 1 saturated heterocycles. The van der Waals surface area contributed by atoms with E-state index in [1.165, 1.54) is 13.8 Å². The van der Waals surface area contributed by atoms with Crippen LogP contribution in [0.4, 0.5) is 22.0 Å². The SMILES string of the molecule is CC(C)(COS(=O)(=O)C(F)(F)F)C1(c2ccc(F)cc2F)CO1. The fraction of sp³-hybridized carbons (Fsp3) is 0.538. The summed E-state index contributed by atoms with van der Waals surface area (Å²) in [7, 11) is -5.77. The average molecular weight is 360 g/mol. The van der Waals surface area contributed by atoms with Crippen molar-refractivity contribution in [2.24, 2.45) is 5.41 Å². The van der Waals surface area contributed by atoms with Gasteiger partial charge in [-0.25, -0.2) is 8.78 Å². The first-order valence-electron chi connectivity index (χ1n) is 6.38. The molecule has 10 heteroatoms. The zero-order chi connectivity index (χ0) is 17.7. The summed E-state index contributed by atoms with van der Waals surface area (Å²) in [4.78, 5) is 0. The van der Waals surface area contributed by atoms with Gasteiger partial charge in [0.15, 0.2) is 0 Å². The highest BCUT2D eigenvalue weighted by atomic mass is 32.2. The zero-order valence-electron chi connectivity index (χ0n) is 12.1. The highest BCUT2D eigenvalue weighted by Gasteiger charge is 2.60. The predicted octanol–water partition coefficient (Wildman–Crippen LogP) is 3.08. The number of epoxide rings is 1. The third-order valence-electron chi connectivity index (χ3n) is 3.75. The van der Waals surface area contributed by atoms with Crippen LogP contribution in [-0.4, -0.2) is 27.1 Å². The third-order valence-corrected chi connectivity index (χ3v) is 4.75. The van der Waals surface area contributed by atoms with Crippen molar-refractivity contribution < 1.29 is 39.3 Å². The number of hydrogen-bond donors (Lipinski definition) is 0. The number of rotatable bonds is 5. The number of ether oxygens (including phenoxy) is 1. The molecule has 2 rings (SSSR count). The van der Waals surface area contributed by atoms with E-state index < -0.39 is 44.9 Å². The van der Waals surface area contributed by atoms with E-state index in [2.05, 4.69) is 4.18 Å². The summed E-state index contributed by atoms with van der Waals surface area (Å²) < 4.78 is 95.0. The van der Waals surface area contributed by atoms with Gasteiger partial charge in [-0.05, 0) is 6.07 Å². The van der Waals surface area contributed by atoms with Gasteiger partial charge in [-0.3, -0.25) is 4.18 Å². The smallest absolute Gasteiger partial charge is 0.364 e. The van der Waals surface area contributed by atoms with Crippen molar-refractivity contribution in [2.75, 3.05) is 13.2 Å². The molecule has 0 saturated carbocycles. The van der Waals surface area contributed by atoms with Gasteiger partial charge in [0.1, 0.15) is 17.2 Å². The molecule has 23 heavy (non-hydrogen) atoms. The monoisotopic (exact) mass is 360 g/mol. The second-order valence-electron chi connectivity index (χ2n) is 5.79. The molecule has 0 radical (unpaired) electrons. The number of alkyl halides is 3. The molecule has 0 bridgehead atoms. The Kier molecular flexibility index (Phi) is 4.23. The molecule has 1 fully saturated rings. The van der Waals surface area contributed by atoms with Gasteiger partial charge >= 0.3 is 15.6 Å². The van der Waals surface area contributed by atoms with Crippen molar-refractivity contribution in [2.45, 2.75) is 25.0 Å². The lowest BCUT2D eigenvalue weighted by Gasteiger charge is -2.32. The van der Waals surface area contributed by atoms with Crippen molar-refractivity contribution in [1.82, 2.24) is 0 Å². The zero-order valence-corrected chi connectivity index (χ0v) is 12.9. The van der Waals surface area contributed by atoms with Crippen LogP contribution in [-0.2, 0) is 24.6 Å². The molecule has 0 aliphatic carbocycles. The van der Waals surface area contributed by atoms with Crippen molar-refractivity contribution in [3.8, 4) is 0 Å². The van der Waals surface area contributed by atoms with Gasteiger partial charge in [0, 0.05) is 17.0 Å². The summed E-state index contributed by atoms with van der Waals surface area (Å²) in [6.07, 6.45) is 0. The van der Waals surface area contributed by atoms with Crippen LogP contribution in [0, 0.1) is 17.0 Å². The van der Waals surface area contributed by atoms with Crippen molar-refractivity contribution in [3.05, 3.63) is 35.4 Å². The number of halogens is 5. The molecule has 1 unspecified atom stereocenters. The van der Waals surface area contributed by atoms with Crippen molar-refractivity contribution in [3.63, 3.8) is 0 Å². The van der Waals surface area contributed by atoms with Crippen molar-refractivity contribution >= 4 is 10.1 Å². The minimum absolute atomic E-state index is 0.0576. The largest absolute Gasteiger partial charge is 0.523 e. The molecule has 1 aliphatic rings. The van der Waals surface area contributed by atoms with E-state index in [9.17, 15) is 30.4 Å². The standard InChI is InChI=1S/C13H13F5O4S/c1-11(2,6-22-23(19,20)13(16,17)18)12(7-21-12)9-4-3-8(14)5-10(9)15/h3-5H,6-7H2,1-2H3. The Balaban J connectivity index is 2.26. The van der Waals surface area contributed by atoms with E-state index in [0.717, 1.165) is 12.1 Å². The van der Waals surface area contributed by atoms with Crippen LogP contribution in [0.5, 0.6) is 0 Å². The predicted molar refractivity (Wildman–Crippen MR) is 68.7 cm³/mol. The Hall–Kier alpha value is -1.26. The molecule has 1 atom stereocenters. The highest BCUT2D eigenvalue weighted by Crippen LogP contribution is 2.53. The highest BCUT2D eigenvalue weighted by molar-refractivity contribution is 7.87. The van der Waals surface area contributed by atoms with E-state index in [0.29, 0.717) is 6.07 Å². The summed E-state index contributed by atoms with van der Waals surface area (Å²) in [5.74, 6) is -1.76. The van der Waals surface area contributed by atoms with E-state index in [1.54, 1.807) is 0 Å². The maximum absolute atomic E-state index is 13.9. The Bertz CT molecular complexity index is 708. The molecule has 0 N–H and O–H groups in total. The summed E-state index contributed by atoms with van der Waals surface area (Å²) in [5, 5.41) is 0. The summed E-state index contributed by atoms with van der Waals surface area (Å²) >= 11 is 0. The molecule has 130 valence electrons. The Morgan fingerprint density at radius 2 is 1.83 bits per heavy atom. The molecule has 0 spiro atoms. The van der Waals surface area contributed by atoms with Gasteiger partial charge in [-0.1, -0.05) is 19.9 Å². The molecule has 1 heterocycles. The molecule has 0 amide bonds. The van der Waals surface area contributed by atoms with E-state index in [1.807, 2.05) is 0 Å². The van der Waals surface area contributed by atoms with Crippen molar-refractivity contribution in [1.29, 1.82) is 0 Å². The molecule has 4 nitrogen and oxygen atoms in total. The lowest BCUT2D eigenvalue weighted by Crippen LogP contribution is -2.38. The van der Waals surface area contributed by atoms with Gasteiger partial charge in [0.05, 0.1) is 13.2 Å². The van der Waals surface area contributed by atoms with Gasteiger partial charge < -0.3 is 4.74 Å². The van der Waals surface area contributed by atoms with Gasteiger partial charge in [0.25, 0.3) is 0 Å². The molecule has 1 aliphatic heterocycles. The third kappa shape index (κ3) is 3.20. The maximum Gasteiger partial charge on any atom is 0.523 e. The number of benzene rings is 1. The van der Waals surface area contributed by atoms with Crippen LogP contribution in [0.15, 0.2) is 18.2 Å². The summed E-state index contributed by atoms with van der Waals surface area (Å²) in [6, 6.07) is 2.70. The lowest BCUT2D eigenvalue weighted by atomic mass is 9.75. The minimum atomic E-state index is -5.77. The Morgan fingerprint density at radius 3 is 2.26 bits per heavy atom. The first-order valence-corrected chi connectivity index (χ1v) is 7.78. The second kappa shape index (κ2) is 5.38. The van der Waals surface area contributed by atoms with Crippen LogP contribution >= 0.6 is 0 Å². The number of hydrogen-bond acceptors (Lipinski definition) is 4. The van der Waals surface area contributed by atoms with Crippen LogP contribution in [0.25, 0.3) is 0 Å². The van der Waals surface area contributed by atoms with Crippen LogP contribution in [0.3, 0.4) is 0 Å². The fourth-order valence-corrected chi connectivity index (χ4v) is 2.79. The molecule has 1 aromatic carbocycles. The minimum Gasteiger partial charge on any atom is -0.364 e. The molecule has 1 aromatic rings. The van der Waals surface area contributed by atoms with Crippen LogP contribution < -0.4 is 0 Å². The maximum atomic E-state index is 13.9. The second-order valence-corrected chi connectivity index (χ2v) is 7.39. The summed E-state index contributed by atoms with van der Waals surface area (Å²) in [6.45, 7) is 1.80. The molecular weight excluding hydrogens is 347 g/mol. The topological polar surface area (TPSA) is 55.9 Å².